The van der Waals surface area contributed by atoms with Crippen LogP contribution in [0.5, 0.6) is 0 Å². The van der Waals surface area contributed by atoms with Gasteiger partial charge in [-0.3, -0.25) is 15.1 Å². The Kier molecular flexibility index (Phi) is 5.16. The lowest BCUT2D eigenvalue weighted by molar-refractivity contribution is -0.384. The molecule has 3 aromatic carbocycles. The number of nitrogens with one attached hydrogen (secondary N) is 1. The van der Waals surface area contributed by atoms with Crippen molar-refractivity contribution in [2.24, 2.45) is 4.99 Å². The molecule has 5 nitrogen and oxygen atoms in total. The van der Waals surface area contributed by atoms with Gasteiger partial charge in [-0.15, -0.1) is 0 Å². The summed E-state index contributed by atoms with van der Waals surface area (Å²) in [5.74, 6) is 0. The second kappa shape index (κ2) is 7.59. The van der Waals surface area contributed by atoms with E-state index in [9.17, 15) is 10.1 Å². The summed E-state index contributed by atoms with van der Waals surface area (Å²) in [5.41, 5.74) is 6.38. The maximum absolute atomic E-state index is 10.9. The molecule has 0 amide bonds. The van der Waals surface area contributed by atoms with Crippen molar-refractivity contribution in [1.82, 2.24) is 4.98 Å². The van der Waals surface area contributed by atoms with Gasteiger partial charge in [-0.25, -0.2) is 0 Å². The van der Waals surface area contributed by atoms with Gasteiger partial charge in [0, 0.05) is 34.6 Å². The second-order valence-electron chi connectivity index (χ2n) is 10.4. The molecule has 164 valence electrons. The third kappa shape index (κ3) is 4.15. The first-order valence-corrected chi connectivity index (χ1v) is 10.8. The molecule has 0 radical (unpaired) electrons. The van der Waals surface area contributed by atoms with Crippen molar-refractivity contribution in [1.29, 1.82) is 0 Å². The fraction of sp³-hybridized carbons (Fsp3) is 0.296. The maximum Gasteiger partial charge on any atom is 0.269 e. The number of nitrogens with zero attached hydrogens (tertiary/aromatic N) is 2. The van der Waals surface area contributed by atoms with Gasteiger partial charge in [0.05, 0.1) is 16.1 Å². The Morgan fingerprint density at radius 2 is 1.47 bits per heavy atom. The summed E-state index contributed by atoms with van der Waals surface area (Å²) in [4.78, 5) is 18.9. The Balaban J connectivity index is 1.89. The Labute approximate surface area is 188 Å². The summed E-state index contributed by atoms with van der Waals surface area (Å²) in [6, 6.07) is 17.4. The first kappa shape index (κ1) is 21.8. The zero-order valence-electron chi connectivity index (χ0n) is 19.5. The molecule has 4 aromatic rings. The highest BCUT2D eigenvalue weighted by molar-refractivity contribution is 6.11. The van der Waals surface area contributed by atoms with E-state index in [1.54, 1.807) is 18.3 Å². The molecule has 1 aromatic heterocycles. The van der Waals surface area contributed by atoms with Crippen LogP contribution in [0.25, 0.3) is 21.8 Å². The lowest BCUT2D eigenvalue weighted by atomic mass is 9.84. The first-order valence-electron chi connectivity index (χ1n) is 10.8. The van der Waals surface area contributed by atoms with Crippen LogP contribution in [0.15, 0.2) is 59.6 Å². The number of nitro benzene ring substituents is 1. The van der Waals surface area contributed by atoms with Gasteiger partial charge in [0.15, 0.2) is 0 Å². The van der Waals surface area contributed by atoms with Crippen LogP contribution in [-0.2, 0) is 10.8 Å². The number of non-ortho nitro benzene ring substituents is 1. The number of hydrogen-bond acceptors (Lipinski definition) is 3. The zero-order valence-corrected chi connectivity index (χ0v) is 19.5. The van der Waals surface area contributed by atoms with Crippen LogP contribution in [0.1, 0.15) is 58.2 Å². The van der Waals surface area contributed by atoms with Crippen molar-refractivity contribution in [2.75, 3.05) is 0 Å². The van der Waals surface area contributed by atoms with E-state index in [2.05, 4.69) is 76.9 Å². The Morgan fingerprint density at radius 3 is 2.06 bits per heavy atom. The minimum absolute atomic E-state index is 0.0307. The maximum atomic E-state index is 10.9. The smallest absolute Gasteiger partial charge is 0.269 e. The minimum atomic E-state index is -0.395. The van der Waals surface area contributed by atoms with E-state index in [-0.39, 0.29) is 16.5 Å². The molecule has 0 aliphatic heterocycles. The van der Waals surface area contributed by atoms with Crippen molar-refractivity contribution in [3.8, 4) is 0 Å². The topological polar surface area (TPSA) is 71.3 Å². The van der Waals surface area contributed by atoms with Crippen LogP contribution in [-0.4, -0.2) is 16.1 Å². The molecule has 4 rings (SSSR count). The molecule has 0 aliphatic rings. The van der Waals surface area contributed by atoms with Crippen molar-refractivity contribution >= 4 is 39.4 Å². The second-order valence-corrected chi connectivity index (χ2v) is 10.4. The number of benzene rings is 3. The normalized spacial score (nSPS) is 12.8. The molecule has 0 aliphatic carbocycles. The van der Waals surface area contributed by atoms with Gasteiger partial charge in [0.2, 0.25) is 0 Å². The van der Waals surface area contributed by atoms with Crippen molar-refractivity contribution in [2.45, 2.75) is 52.4 Å². The molecule has 0 bridgehead atoms. The SMILES string of the molecule is CC(C)(C)c1ccc2[nH]c3c(N=Cc4ccc([N+](=O)[O-])cc4)cc(C(C)(C)C)cc3c2c1. The fourth-order valence-electron chi connectivity index (χ4n) is 3.81. The predicted molar refractivity (Wildman–Crippen MR) is 134 cm³/mol. The standard InChI is InChI=1S/C27H29N3O2/c1-26(2,3)18-9-12-23-21(13-18)22-14-19(27(4,5)6)15-24(25(22)29-23)28-16-17-7-10-20(11-8-17)30(31)32/h7-16,29H,1-6H3. The average molecular weight is 428 g/mol. The summed E-state index contributed by atoms with van der Waals surface area (Å²) in [6.07, 6.45) is 1.76. The molecule has 0 spiro atoms. The van der Waals surface area contributed by atoms with Crippen LogP contribution < -0.4 is 0 Å². The van der Waals surface area contributed by atoms with Crippen LogP contribution in [0.4, 0.5) is 11.4 Å². The number of aromatic amines is 1. The third-order valence-corrected chi connectivity index (χ3v) is 5.88. The van der Waals surface area contributed by atoms with Gasteiger partial charge in [-0.1, -0.05) is 47.6 Å². The summed E-state index contributed by atoms with van der Waals surface area (Å²) in [7, 11) is 0. The molecular weight excluding hydrogens is 398 g/mol. The van der Waals surface area contributed by atoms with E-state index < -0.39 is 4.92 Å². The summed E-state index contributed by atoms with van der Waals surface area (Å²) in [5, 5.41) is 13.3. The van der Waals surface area contributed by atoms with Gasteiger partial charge in [0.1, 0.15) is 0 Å². The molecule has 0 atom stereocenters. The van der Waals surface area contributed by atoms with E-state index in [0.29, 0.717) is 0 Å². The lowest BCUT2D eigenvalue weighted by Gasteiger charge is -2.20. The molecule has 32 heavy (non-hydrogen) atoms. The van der Waals surface area contributed by atoms with Crippen molar-refractivity contribution < 1.29 is 4.92 Å². The average Bonchev–Trinajstić information content (AvgIpc) is 3.09. The Hall–Kier alpha value is -3.47. The van der Waals surface area contributed by atoms with Crippen LogP contribution in [0.2, 0.25) is 0 Å². The number of rotatable bonds is 3. The summed E-state index contributed by atoms with van der Waals surface area (Å²) < 4.78 is 0. The first-order chi connectivity index (χ1) is 14.9. The van der Waals surface area contributed by atoms with Gasteiger partial charge in [-0.05, 0) is 63.9 Å². The van der Waals surface area contributed by atoms with Gasteiger partial charge < -0.3 is 4.98 Å². The molecule has 1 heterocycles. The van der Waals surface area contributed by atoms with E-state index in [0.717, 1.165) is 27.7 Å². The number of hydrogen-bond donors (Lipinski definition) is 1. The Bertz CT molecular complexity index is 1350. The van der Waals surface area contributed by atoms with Crippen LogP contribution in [0.3, 0.4) is 0 Å². The molecule has 5 heteroatoms. The van der Waals surface area contributed by atoms with E-state index in [1.165, 1.54) is 28.6 Å². The van der Waals surface area contributed by atoms with E-state index >= 15 is 0 Å². The lowest BCUT2D eigenvalue weighted by Crippen LogP contribution is -2.11. The number of nitro groups is 1. The van der Waals surface area contributed by atoms with E-state index in [4.69, 9.17) is 4.99 Å². The van der Waals surface area contributed by atoms with Crippen molar-refractivity contribution in [3.63, 3.8) is 0 Å². The molecule has 0 saturated carbocycles. The Morgan fingerprint density at radius 1 is 0.844 bits per heavy atom. The predicted octanol–water partition coefficient (Wildman–Crippen LogP) is 7.57. The molecule has 1 N–H and O–H groups in total. The van der Waals surface area contributed by atoms with Crippen LogP contribution in [0, 0.1) is 10.1 Å². The van der Waals surface area contributed by atoms with E-state index in [1.807, 2.05) is 0 Å². The highest BCUT2D eigenvalue weighted by atomic mass is 16.6. The quantitative estimate of drug-likeness (QED) is 0.208. The fourth-order valence-corrected chi connectivity index (χ4v) is 3.81. The molecule has 0 saturated heterocycles. The molecule has 0 fully saturated rings. The number of aliphatic imine (C=N–C) groups is 1. The monoisotopic (exact) mass is 427 g/mol. The summed E-state index contributed by atoms with van der Waals surface area (Å²) >= 11 is 0. The third-order valence-electron chi connectivity index (χ3n) is 5.88. The van der Waals surface area contributed by atoms with Gasteiger partial charge in [0.25, 0.3) is 5.69 Å². The largest absolute Gasteiger partial charge is 0.353 e. The van der Waals surface area contributed by atoms with Gasteiger partial charge >= 0.3 is 0 Å². The van der Waals surface area contributed by atoms with Gasteiger partial charge in [-0.2, -0.15) is 0 Å². The molecule has 0 unspecified atom stereocenters. The number of fused-ring (bicyclic) bond motifs is 3. The highest BCUT2D eigenvalue weighted by Crippen LogP contribution is 2.38. The van der Waals surface area contributed by atoms with Crippen molar-refractivity contribution in [3.05, 3.63) is 81.4 Å². The highest BCUT2D eigenvalue weighted by Gasteiger charge is 2.20. The zero-order chi connectivity index (χ0) is 23.3. The number of aromatic nitrogens is 1. The molecular formula is C27H29N3O2. The number of H-pyrrole nitrogens is 1. The van der Waals surface area contributed by atoms with Crippen LogP contribution >= 0.6 is 0 Å². The summed E-state index contributed by atoms with van der Waals surface area (Å²) in [6.45, 7) is 13.3. The minimum Gasteiger partial charge on any atom is -0.353 e.